The van der Waals surface area contributed by atoms with Crippen molar-refractivity contribution in [3.63, 3.8) is 0 Å². The van der Waals surface area contributed by atoms with Gasteiger partial charge in [0, 0.05) is 11.4 Å². The summed E-state index contributed by atoms with van der Waals surface area (Å²) in [4.78, 5) is 11.6. The first-order chi connectivity index (χ1) is 6.15. The predicted molar refractivity (Wildman–Crippen MR) is 53.6 cm³/mol. The molecule has 1 heterocycles. The summed E-state index contributed by atoms with van der Waals surface area (Å²) in [6.07, 6.45) is 0. The van der Waals surface area contributed by atoms with Gasteiger partial charge in [-0.1, -0.05) is 6.07 Å². The molecular formula is C8H11BO3S. The molecule has 1 N–H and O–H groups in total. The minimum atomic E-state index is -0.900. The summed E-state index contributed by atoms with van der Waals surface area (Å²) in [5.74, 6) is 0.0138. The third-order valence-electron chi connectivity index (χ3n) is 1.54. The van der Waals surface area contributed by atoms with Crippen LogP contribution in [0.1, 0.15) is 23.5 Å². The van der Waals surface area contributed by atoms with Gasteiger partial charge in [-0.05, 0) is 19.9 Å². The second kappa shape index (κ2) is 4.55. The highest BCUT2D eigenvalue weighted by Gasteiger charge is 2.18. The van der Waals surface area contributed by atoms with Gasteiger partial charge in [0.2, 0.25) is 0 Å². The zero-order valence-electron chi connectivity index (χ0n) is 7.61. The average molecular weight is 198 g/mol. The molecule has 1 rings (SSSR count). The van der Waals surface area contributed by atoms with Crippen LogP contribution in [-0.4, -0.2) is 24.5 Å². The number of hydrogen-bond donors (Lipinski definition) is 1. The van der Waals surface area contributed by atoms with Crippen molar-refractivity contribution in [1.82, 2.24) is 0 Å². The van der Waals surface area contributed by atoms with Gasteiger partial charge >= 0.3 is 7.12 Å². The van der Waals surface area contributed by atoms with E-state index in [1.165, 1.54) is 18.3 Å². The largest absolute Gasteiger partial charge is 0.501 e. The molecule has 0 bridgehead atoms. The van der Waals surface area contributed by atoms with Gasteiger partial charge in [-0.2, -0.15) is 0 Å². The van der Waals surface area contributed by atoms with E-state index in [4.69, 9.17) is 4.65 Å². The van der Waals surface area contributed by atoms with Gasteiger partial charge in [-0.15, -0.1) is 11.3 Å². The first kappa shape index (κ1) is 10.4. The molecule has 1 aromatic heterocycles. The molecule has 1 aromatic rings. The second-order valence-corrected chi connectivity index (χ2v) is 3.68. The van der Waals surface area contributed by atoms with Crippen molar-refractivity contribution in [3.8, 4) is 0 Å². The van der Waals surface area contributed by atoms with Crippen LogP contribution in [0.4, 0.5) is 0 Å². The summed E-state index contributed by atoms with van der Waals surface area (Å²) < 4.78 is 5.65. The van der Waals surface area contributed by atoms with E-state index in [-0.39, 0.29) is 5.78 Å². The van der Waals surface area contributed by atoms with Crippen molar-refractivity contribution in [2.45, 2.75) is 13.8 Å². The Labute approximate surface area is 81.5 Å². The van der Waals surface area contributed by atoms with E-state index in [0.29, 0.717) is 16.3 Å². The predicted octanol–water partition coefficient (Wildman–Crippen LogP) is 0.675. The van der Waals surface area contributed by atoms with Crippen molar-refractivity contribution in [1.29, 1.82) is 0 Å². The van der Waals surface area contributed by atoms with E-state index in [9.17, 15) is 9.82 Å². The maximum absolute atomic E-state index is 10.9. The van der Waals surface area contributed by atoms with Gasteiger partial charge < -0.3 is 9.68 Å². The zero-order valence-corrected chi connectivity index (χ0v) is 8.43. The Hall–Kier alpha value is -0.645. The molecule has 70 valence electrons. The van der Waals surface area contributed by atoms with E-state index in [2.05, 4.69) is 0 Å². The first-order valence-corrected chi connectivity index (χ1v) is 4.87. The molecule has 0 radical (unpaired) electrons. The Morgan fingerprint density at radius 1 is 1.69 bits per heavy atom. The molecule has 0 spiro atoms. The van der Waals surface area contributed by atoms with Crippen LogP contribution >= 0.6 is 11.3 Å². The number of ketones is 1. The SMILES string of the molecule is CCOB(O)c1ccc(C(C)=O)s1. The third-order valence-corrected chi connectivity index (χ3v) is 2.76. The quantitative estimate of drug-likeness (QED) is 0.571. The smallest absolute Gasteiger partial charge is 0.423 e. The Morgan fingerprint density at radius 3 is 2.85 bits per heavy atom. The van der Waals surface area contributed by atoms with Crippen LogP contribution in [0.2, 0.25) is 0 Å². The molecule has 0 aliphatic rings. The molecule has 0 saturated carbocycles. The maximum atomic E-state index is 10.9. The van der Waals surface area contributed by atoms with Crippen LogP contribution in [0.3, 0.4) is 0 Å². The molecule has 0 fully saturated rings. The van der Waals surface area contributed by atoms with Crippen LogP contribution in [-0.2, 0) is 4.65 Å². The lowest BCUT2D eigenvalue weighted by atomic mass is 9.89. The highest BCUT2D eigenvalue weighted by Crippen LogP contribution is 2.08. The number of carbonyl (C=O) groups excluding carboxylic acids is 1. The summed E-state index contributed by atoms with van der Waals surface area (Å²) in [5, 5.41) is 9.39. The van der Waals surface area contributed by atoms with E-state index in [1.807, 2.05) is 6.92 Å². The Morgan fingerprint density at radius 2 is 2.38 bits per heavy atom. The fraction of sp³-hybridized carbons (Fsp3) is 0.375. The van der Waals surface area contributed by atoms with E-state index in [1.54, 1.807) is 12.1 Å². The fourth-order valence-electron chi connectivity index (χ4n) is 0.915. The van der Waals surface area contributed by atoms with Gasteiger partial charge in [0.15, 0.2) is 5.78 Å². The Kier molecular flexibility index (Phi) is 3.65. The van der Waals surface area contributed by atoms with Crippen LogP contribution in [0.25, 0.3) is 0 Å². The van der Waals surface area contributed by atoms with Crippen molar-refractivity contribution in [2.75, 3.05) is 6.61 Å². The molecule has 0 aliphatic carbocycles. The van der Waals surface area contributed by atoms with Crippen molar-refractivity contribution in [3.05, 3.63) is 17.0 Å². The Bertz CT molecular complexity index is 297. The molecule has 0 aliphatic heterocycles. The molecule has 0 aromatic carbocycles. The maximum Gasteiger partial charge on any atom is 0.501 e. The molecule has 0 saturated heterocycles. The highest BCUT2D eigenvalue weighted by molar-refractivity contribution is 7.23. The third kappa shape index (κ3) is 2.65. The van der Waals surface area contributed by atoms with E-state index >= 15 is 0 Å². The molecular weight excluding hydrogens is 187 g/mol. The normalized spacial score (nSPS) is 10.1. The molecule has 5 heteroatoms. The van der Waals surface area contributed by atoms with Gasteiger partial charge in [0.25, 0.3) is 0 Å². The topological polar surface area (TPSA) is 46.5 Å². The first-order valence-electron chi connectivity index (χ1n) is 4.05. The monoisotopic (exact) mass is 198 g/mol. The molecule has 0 atom stereocenters. The lowest BCUT2D eigenvalue weighted by molar-refractivity contribution is 0.102. The summed E-state index contributed by atoms with van der Waals surface area (Å²) in [6, 6.07) is 3.41. The zero-order chi connectivity index (χ0) is 9.84. The molecule has 0 amide bonds. The number of Topliss-reactive ketones (excluding diaryl/α,β-unsaturated/α-hetero) is 1. The second-order valence-electron chi connectivity index (χ2n) is 2.57. The van der Waals surface area contributed by atoms with E-state index in [0.717, 1.165) is 0 Å². The van der Waals surface area contributed by atoms with Gasteiger partial charge in [0.05, 0.1) is 4.88 Å². The number of thiophene rings is 1. The minimum absolute atomic E-state index is 0.0138. The standard InChI is InChI=1S/C8H11BO3S/c1-3-12-9(11)8-5-4-7(13-8)6(2)10/h4-5,11H,3H2,1-2H3. The summed E-state index contributed by atoms with van der Waals surface area (Å²) in [5.41, 5.74) is 0. The molecule has 0 unspecified atom stereocenters. The van der Waals surface area contributed by atoms with Gasteiger partial charge in [-0.25, -0.2) is 0 Å². The highest BCUT2D eigenvalue weighted by atomic mass is 32.1. The minimum Gasteiger partial charge on any atom is -0.423 e. The van der Waals surface area contributed by atoms with Crippen LogP contribution in [0.5, 0.6) is 0 Å². The summed E-state index contributed by atoms with van der Waals surface area (Å²) in [7, 11) is -0.900. The fourth-order valence-corrected chi connectivity index (χ4v) is 1.75. The lowest BCUT2D eigenvalue weighted by Crippen LogP contribution is -2.30. The molecule has 3 nitrogen and oxygen atoms in total. The van der Waals surface area contributed by atoms with Crippen molar-refractivity contribution < 1.29 is 14.5 Å². The molecule has 13 heavy (non-hydrogen) atoms. The van der Waals surface area contributed by atoms with Crippen molar-refractivity contribution >= 4 is 29.0 Å². The van der Waals surface area contributed by atoms with Gasteiger partial charge in [-0.3, -0.25) is 4.79 Å². The van der Waals surface area contributed by atoms with Crippen LogP contribution < -0.4 is 4.78 Å². The number of carbonyl (C=O) groups is 1. The summed E-state index contributed by atoms with van der Waals surface area (Å²) >= 11 is 1.26. The van der Waals surface area contributed by atoms with Crippen molar-refractivity contribution in [2.24, 2.45) is 0 Å². The van der Waals surface area contributed by atoms with E-state index < -0.39 is 7.12 Å². The Balaban J connectivity index is 2.73. The lowest BCUT2D eigenvalue weighted by Gasteiger charge is -2.01. The van der Waals surface area contributed by atoms with Gasteiger partial charge in [0.1, 0.15) is 0 Å². The van der Waals surface area contributed by atoms with Crippen LogP contribution in [0.15, 0.2) is 12.1 Å². The average Bonchev–Trinajstić information content (AvgIpc) is 2.52. The number of rotatable bonds is 4. The van der Waals surface area contributed by atoms with Crippen LogP contribution in [0, 0.1) is 0 Å². The number of hydrogen-bond acceptors (Lipinski definition) is 4. The summed E-state index contributed by atoms with van der Waals surface area (Å²) in [6.45, 7) is 3.76.